The molecule has 22 heavy (non-hydrogen) atoms. The van der Waals surface area contributed by atoms with E-state index in [0.717, 1.165) is 18.7 Å². The lowest BCUT2D eigenvalue weighted by molar-refractivity contribution is 0.275. The molecule has 2 atom stereocenters. The summed E-state index contributed by atoms with van der Waals surface area (Å²) in [5.74, 6) is 0.998. The summed E-state index contributed by atoms with van der Waals surface area (Å²) in [5, 5.41) is 7.92. The summed E-state index contributed by atoms with van der Waals surface area (Å²) >= 11 is 1.83. The van der Waals surface area contributed by atoms with E-state index in [-0.39, 0.29) is 11.5 Å². The van der Waals surface area contributed by atoms with Crippen LogP contribution in [0.15, 0.2) is 60.0 Å². The number of likely N-dealkylation sites (N-methyl/N-ethyl adjacent to an activating group) is 1. The van der Waals surface area contributed by atoms with Gasteiger partial charge in [0.2, 0.25) is 0 Å². The van der Waals surface area contributed by atoms with Crippen molar-refractivity contribution in [1.82, 2.24) is 5.32 Å². The molecule has 0 spiro atoms. The van der Waals surface area contributed by atoms with Crippen LogP contribution in [0.3, 0.4) is 0 Å². The van der Waals surface area contributed by atoms with E-state index in [2.05, 4.69) is 65.3 Å². The quantitative estimate of drug-likeness (QED) is 0.762. The molecule has 4 rings (SSSR count). The highest BCUT2D eigenvalue weighted by atomic mass is 32.1. The monoisotopic (exact) mass is 309 g/mol. The van der Waals surface area contributed by atoms with Crippen LogP contribution in [0.2, 0.25) is 0 Å². The third-order valence-electron chi connectivity index (χ3n) is 4.53. The minimum absolute atomic E-state index is 0.139. The Morgan fingerprint density at radius 2 is 2.00 bits per heavy atom. The van der Waals surface area contributed by atoms with E-state index in [0.29, 0.717) is 0 Å². The zero-order chi connectivity index (χ0) is 15.0. The first-order valence-electron chi connectivity index (χ1n) is 7.66. The molecule has 1 aromatic heterocycles. The lowest BCUT2D eigenvalue weighted by atomic mass is 10.0. The number of thiophene rings is 1. The zero-order valence-electron chi connectivity index (χ0n) is 12.6. The highest BCUT2D eigenvalue weighted by Gasteiger charge is 2.58. The SMILES string of the molecule is CNC[C@@]1(c2cccs2)C[C@H]1Oc1cccc2ccccc12. The predicted octanol–water partition coefficient (Wildman–Crippen LogP) is 4.21. The normalized spacial score (nSPS) is 23.6. The molecular weight excluding hydrogens is 290 g/mol. The van der Waals surface area contributed by atoms with Gasteiger partial charge >= 0.3 is 0 Å². The summed E-state index contributed by atoms with van der Waals surface area (Å²) in [6.45, 7) is 0.961. The van der Waals surface area contributed by atoms with Crippen molar-refractivity contribution in [2.24, 2.45) is 0 Å². The lowest BCUT2D eigenvalue weighted by Gasteiger charge is -2.17. The number of fused-ring (bicyclic) bond motifs is 1. The maximum absolute atomic E-state index is 6.40. The van der Waals surface area contributed by atoms with Crippen molar-refractivity contribution in [3.05, 3.63) is 64.9 Å². The molecule has 1 aliphatic rings. The second-order valence-electron chi connectivity index (χ2n) is 5.95. The van der Waals surface area contributed by atoms with Crippen molar-refractivity contribution < 1.29 is 4.74 Å². The van der Waals surface area contributed by atoms with Gasteiger partial charge in [0, 0.05) is 23.2 Å². The molecule has 0 bridgehead atoms. The summed E-state index contributed by atoms with van der Waals surface area (Å²) in [4.78, 5) is 1.42. The summed E-state index contributed by atoms with van der Waals surface area (Å²) in [6.07, 6.45) is 1.34. The van der Waals surface area contributed by atoms with Crippen molar-refractivity contribution >= 4 is 22.1 Å². The van der Waals surface area contributed by atoms with Crippen molar-refractivity contribution in [2.45, 2.75) is 17.9 Å². The fourth-order valence-electron chi connectivity index (χ4n) is 3.29. The number of ether oxygens (including phenoxy) is 1. The van der Waals surface area contributed by atoms with E-state index < -0.39 is 0 Å². The van der Waals surface area contributed by atoms with E-state index in [1.54, 1.807) is 0 Å². The van der Waals surface area contributed by atoms with Gasteiger partial charge in [-0.05, 0) is 29.9 Å². The van der Waals surface area contributed by atoms with Gasteiger partial charge in [-0.1, -0.05) is 42.5 Å². The average molecular weight is 309 g/mol. The second kappa shape index (κ2) is 5.41. The summed E-state index contributed by atoms with van der Waals surface area (Å²) in [6, 6.07) is 19.1. The van der Waals surface area contributed by atoms with Crippen LogP contribution in [0.5, 0.6) is 5.75 Å². The fourth-order valence-corrected chi connectivity index (χ4v) is 4.27. The van der Waals surface area contributed by atoms with Crippen LogP contribution < -0.4 is 10.1 Å². The first kappa shape index (κ1) is 13.8. The van der Waals surface area contributed by atoms with Crippen LogP contribution in [-0.2, 0) is 5.41 Å². The number of rotatable bonds is 5. The van der Waals surface area contributed by atoms with Crippen LogP contribution in [0.4, 0.5) is 0 Å². The van der Waals surface area contributed by atoms with Gasteiger partial charge < -0.3 is 10.1 Å². The first-order valence-corrected chi connectivity index (χ1v) is 8.54. The maximum Gasteiger partial charge on any atom is 0.127 e. The molecule has 3 heteroatoms. The lowest BCUT2D eigenvalue weighted by Crippen LogP contribution is -2.28. The Hall–Kier alpha value is -1.84. The molecule has 2 nitrogen and oxygen atoms in total. The fraction of sp³-hybridized carbons (Fsp3) is 0.263. The van der Waals surface area contributed by atoms with Gasteiger partial charge in [0.1, 0.15) is 11.9 Å². The van der Waals surface area contributed by atoms with Crippen LogP contribution >= 0.6 is 11.3 Å². The van der Waals surface area contributed by atoms with Crippen LogP contribution in [0.25, 0.3) is 10.8 Å². The van der Waals surface area contributed by atoms with Gasteiger partial charge in [0.05, 0.1) is 5.41 Å². The van der Waals surface area contributed by atoms with Gasteiger partial charge in [0.15, 0.2) is 0 Å². The molecule has 2 aromatic carbocycles. The number of hydrogen-bond acceptors (Lipinski definition) is 3. The minimum Gasteiger partial charge on any atom is -0.489 e. The van der Waals surface area contributed by atoms with Crippen molar-refractivity contribution in [2.75, 3.05) is 13.6 Å². The number of benzene rings is 2. The molecule has 1 aliphatic carbocycles. The molecule has 1 saturated carbocycles. The second-order valence-corrected chi connectivity index (χ2v) is 6.90. The summed E-state index contributed by atoms with van der Waals surface area (Å²) < 4.78 is 6.40. The number of hydrogen-bond donors (Lipinski definition) is 1. The first-order chi connectivity index (χ1) is 10.8. The topological polar surface area (TPSA) is 21.3 Å². The Balaban J connectivity index is 1.64. The average Bonchev–Trinajstić information content (AvgIpc) is 2.99. The van der Waals surface area contributed by atoms with Gasteiger partial charge in [-0.3, -0.25) is 0 Å². The van der Waals surface area contributed by atoms with Crippen LogP contribution in [0, 0.1) is 0 Å². The Morgan fingerprint density at radius 1 is 1.14 bits per heavy atom. The van der Waals surface area contributed by atoms with Crippen LogP contribution in [-0.4, -0.2) is 19.7 Å². The Labute approximate surface area is 134 Å². The van der Waals surface area contributed by atoms with Gasteiger partial charge in [0.25, 0.3) is 0 Å². The van der Waals surface area contributed by atoms with Crippen molar-refractivity contribution in [1.29, 1.82) is 0 Å². The standard InChI is InChI=1S/C19H19NOS/c1-20-13-19(18-10-5-11-22-18)12-17(19)21-16-9-4-7-14-6-2-3-8-15(14)16/h2-11,17,20H,12-13H2,1H3/t17-,19+/m1/s1. The largest absolute Gasteiger partial charge is 0.489 e. The van der Waals surface area contributed by atoms with Crippen molar-refractivity contribution in [3.8, 4) is 5.75 Å². The Morgan fingerprint density at radius 3 is 2.82 bits per heavy atom. The highest BCUT2D eigenvalue weighted by Crippen LogP contribution is 2.52. The van der Waals surface area contributed by atoms with Gasteiger partial charge in [-0.25, -0.2) is 0 Å². The third-order valence-corrected chi connectivity index (χ3v) is 5.62. The Kier molecular flexibility index (Phi) is 3.40. The molecule has 1 N–H and O–H groups in total. The minimum atomic E-state index is 0.139. The molecule has 0 unspecified atom stereocenters. The molecule has 0 saturated heterocycles. The highest BCUT2D eigenvalue weighted by molar-refractivity contribution is 7.10. The molecule has 1 heterocycles. The van der Waals surface area contributed by atoms with E-state index in [1.165, 1.54) is 15.6 Å². The van der Waals surface area contributed by atoms with E-state index in [4.69, 9.17) is 4.74 Å². The zero-order valence-corrected chi connectivity index (χ0v) is 13.4. The van der Waals surface area contributed by atoms with Crippen LogP contribution in [0.1, 0.15) is 11.3 Å². The Bertz CT molecular complexity index is 778. The molecule has 0 radical (unpaired) electrons. The molecular formula is C19H19NOS. The third kappa shape index (κ3) is 2.21. The van der Waals surface area contributed by atoms with E-state index in [1.807, 2.05) is 18.4 Å². The smallest absolute Gasteiger partial charge is 0.127 e. The molecule has 0 amide bonds. The number of nitrogens with one attached hydrogen (secondary N) is 1. The van der Waals surface area contributed by atoms with E-state index in [9.17, 15) is 0 Å². The summed E-state index contributed by atoms with van der Waals surface area (Å²) in [5.41, 5.74) is 0.139. The molecule has 0 aliphatic heterocycles. The molecule has 112 valence electrons. The van der Waals surface area contributed by atoms with Gasteiger partial charge in [-0.2, -0.15) is 0 Å². The molecule has 1 fully saturated rings. The van der Waals surface area contributed by atoms with Gasteiger partial charge in [-0.15, -0.1) is 11.3 Å². The molecule has 3 aromatic rings. The summed E-state index contributed by atoms with van der Waals surface area (Å²) in [7, 11) is 2.02. The maximum atomic E-state index is 6.40. The van der Waals surface area contributed by atoms with E-state index >= 15 is 0 Å². The van der Waals surface area contributed by atoms with Crippen molar-refractivity contribution in [3.63, 3.8) is 0 Å². The predicted molar refractivity (Wildman–Crippen MR) is 92.9 cm³/mol.